The molecule has 1 saturated heterocycles. The summed E-state index contributed by atoms with van der Waals surface area (Å²) >= 11 is 0. The lowest BCUT2D eigenvalue weighted by Crippen LogP contribution is -2.39. The molecule has 2 N–H and O–H groups in total. The SMILES string of the molecule is O=C(Nc1cccc(-c2ccc(F)cc2)c1)[C@H]1CCCN1Cc1ncc[nH]1. The number of aromatic amines is 1. The van der Waals surface area contributed by atoms with E-state index < -0.39 is 0 Å². The monoisotopic (exact) mass is 364 g/mol. The minimum absolute atomic E-state index is 0.00434. The zero-order valence-corrected chi connectivity index (χ0v) is 14.9. The number of rotatable bonds is 5. The van der Waals surface area contributed by atoms with Crippen LogP contribution in [0.1, 0.15) is 18.7 Å². The number of hydrogen-bond acceptors (Lipinski definition) is 3. The van der Waals surface area contributed by atoms with Gasteiger partial charge in [0.15, 0.2) is 0 Å². The number of amides is 1. The number of hydrogen-bond donors (Lipinski definition) is 2. The van der Waals surface area contributed by atoms with Crippen molar-refractivity contribution < 1.29 is 9.18 Å². The van der Waals surface area contributed by atoms with Crippen LogP contribution in [-0.4, -0.2) is 33.4 Å². The normalized spacial score (nSPS) is 17.1. The molecule has 1 fully saturated rings. The summed E-state index contributed by atoms with van der Waals surface area (Å²) in [5.41, 5.74) is 2.59. The van der Waals surface area contributed by atoms with Gasteiger partial charge in [0.05, 0.1) is 12.6 Å². The van der Waals surface area contributed by atoms with E-state index in [2.05, 4.69) is 20.2 Å². The second-order valence-corrected chi connectivity index (χ2v) is 6.74. The molecule has 2 heterocycles. The van der Waals surface area contributed by atoms with Crippen molar-refractivity contribution in [2.24, 2.45) is 0 Å². The van der Waals surface area contributed by atoms with Gasteiger partial charge < -0.3 is 10.3 Å². The van der Waals surface area contributed by atoms with E-state index in [1.807, 2.05) is 24.3 Å². The van der Waals surface area contributed by atoms with Crippen molar-refractivity contribution in [1.82, 2.24) is 14.9 Å². The number of halogens is 1. The maximum atomic E-state index is 13.1. The minimum Gasteiger partial charge on any atom is -0.348 e. The Hall–Kier alpha value is -2.99. The number of carbonyl (C=O) groups is 1. The standard InChI is InChI=1S/C21H21FN4O/c22-17-8-6-15(7-9-17)16-3-1-4-18(13-16)25-21(27)19-5-2-12-26(19)14-20-23-10-11-24-20/h1,3-4,6-11,13,19H,2,5,12,14H2,(H,23,24)(H,25,27)/t19-/m1/s1. The van der Waals surface area contributed by atoms with Crippen LogP contribution in [0, 0.1) is 5.82 Å². The fourth-order valence-corrected chi connectivity index (χ4v) is 3.53. The van der Waals surface area contributed by atoms with Crippen LogP contribution < -0.4 is 5.32 Å². The molecule has 0 spiro atoms. The van der Waals surface area contributed by atoms with E-state index in [-0.39, 0.29) is 17.8 Å². The summed E-state index contributed by atoms with van der Waals surface area (Å²) in [5, 5.41) is 3.03. The summed E-state index contributed by atoms with van der Waals surface area (Å²) in [6, 6.07) is 13.8. The average Bonchev–Trinajstić information content (AvgIpc) is 3.35. The topological polar surface area (TPSA) is 61.0 Å². The lowest BCUT2D eigenvalue weighted by atomic mass is 10.0. The van der Waals surface area contributed by atoms with Crippen LogP contribution in [0.4, 0.5) is 10.1 Å². The number of anilines is 1. The molecule has 0 aliphatic carbocycles. The highest BCUT2D eigenvalue weighted by Crippen LogP contribution is 2.25. The van der Waals surface area contributed by atoms with Gasteiger partial charge in [-0.1, -0.05) is 24.3 Å². The summed E-state index contributed by atoms with van der Waals surface area (Å²) < 4.78 is 13.1. The van der Waals surface area contributed by atoms with E-state index in [4.69, 9.17) is 0 Å². The Morgan fingerprint density at radius 2 is 2.07 bits per heavy atom. The molecule has 1 aliphatic rings. The highest BCUT2D eigenvalue weighted by Gasteiger charge is 2.31. The summed E-state index contributed by atoms with van der Waals surface area (Å²) in [6.45, 7) is 1.52. The highest BCUT2D eigenvalue weighted by molar-refractivity contribution is 5.95. The predicted molar refractivity (Wildman–Crippen MR) is 102 cm³/mol. The molecule has 0 saturated carbocycles. The number of carbonyl (C=O) groups excluding carboxylic acids is 1. The first-order valence-corrected chi connectivity index (χ1v) is 9.08. The zero-order chi connectivity index (χ0) is 18.6. The van der Waals surface area contributed by atoms with E-state index in [0.29, 0.717) is 6.54 Å². The lowest BCUT2D eigenvalue weighted by Gasteiger charge is -2.22. The van der Waals surface area contributed by atoms with Gasteiger partial charge in [0.1, 0.15) is 11.6 Å². The van der Waals surface area contributed by atoms with Crippen LogP contribution in [0.2, 0.25) is 0 Å². The van der Waals surface area contributed by atoms with Crippen LogP contribution in [0.15, 0.2) is 60.9 Å². The number of benzene rings is 2. The summed E-state index contributed by atoms with van der Waals surface area (Å²) in [7, 11) is 0. The summed E-state index contributed by atoms with van der Waals surface area (Å²) in [4.78, 5) is 22.3. The van der Waals surface area contributed by atoms with Crippen LogP contribution in [0.3, 0.4) is 0 Å². The fourth-order valence-electron chi connectivity index (χ4n) is 3.53. The van der Waals surface area contributed by atoms with Crippen molar-refractivity contribution >= 4 is 11.6 Å². The number of nitrogens with zero attached hydrogens (tertiary/aromatic N) is 2. The number of H-pyrrole nitrogens is 1. The quantitative estimate of drug-likeness (QED) is 0.724. The maximum Gasteiger partial charge on any atom is 0.241 e. The van der Waals surface area contributed by atoms with Gasteiger partial charge in [-0.15, -0.1) is 0 Å². The van der Waals surface area contributed by atoms with E-state index in [0.717, 1.165) is 42.0 Å². The molecule has 138 valence electrons. The summed E-state index contributed by atoms with van der Waals surface area (Å²) in [5.74, 6) is 0.601. The Bertz CT molecular complexity index is 908. The second-order valence-electron chi connectivity index (χ2n) is 6.74. The Morgan fingerprint density at radius 3 is 2.85 bits per heavy atom. The zero-order valence-electron chi connectivity index (χ0n) is 14.9. The van der Waals surface area contributed by atoms with Gasteiger partial charge >= 0.3 is 0 Å². The molecule has 0 bridgehead atoms. The molecule has 5 nitrogen and oxygen atoms in total. The van der Waals surface area contributed by atoms with E-state index in [1.54, 1.807) is 24.5 Å². The largest absolute Gasteiger partial charge is 0.348 e. The number of likely N-dealkylation sites (tertiary alicyclic amines) is 1. The van der Waals surface area contributed by atoms with Gasteiger partial charge in [0.2, 0.25) is 5.91 Å². The molecule has 2 aromatic carbocycles. The Kier molecular flexibility index (Phi) is 4.98. The number of imidazole rings is 1. The van der Waals surface area contributed by atoms with E-state index in [9.17, 15) is 9.18 Å². The van der Waals surface area contributed by atoms with Crippen molar-refractivity contribution in [2.45, 2.75) is 25.4 Å². The Balaban J connectivity index is 1.46. The van der Waals surface area contributed by atoms with Crippen molar-refractivity contribution in [1.29, 1.82) is 0 Å². The number of nitrogens with one attached hydrogen (secondary N) is 2. The molecular formula is C21H21FN4O. The second kappa shape index (κ2) is 7.72. The van der Waals surface area contributed by atoms with Gasteiger partial charge in [0, 0.05) is 18.1 Å². The highest BCUT2D eigenvalue weighted by atomic mass is 19.1. The smallest absolute Gasteiger partial charge is 0.241 e. The third kappa shape index (κ3) is 4.06. The van der Waals surface area contributed by atoms with Gasteiger partial charge in [-0.2, -0.15) is 0 Å². The maximum absolute atomic E-state index is 13.1. The fraction of sp³-hybridized carbons (Fsp3) is 0.238. The van der Waals surface area contributed by atoms with Crippen molar-refractivity contribution in [3.8, 4) is 11.1 Å². The van der Waals surface area contributed by atoms with Crippen molar-refractivity contribution in [2.75, 3.05) is 11.9 Å². The van der Waals surface area contributed by atoms with Gasteiger partial charge in [-0.05, 0) is 54.8 Å². The molecule has 0 unspecified atom stereocenters. The van der Waals surface area contributed by atoms with Gasteiger partial charge in [-0.25, -0.2) is 9.37 Å². The third-order valence-electron chi connectivity index (χ3n) is 4.88. The van der Waals surface area contributed by atoms with E-state index in [1.165, 1.54) is 12.1 Å². The van der Waals surface area contributed by atoms with Gasteiger partial charge in [0.25, 0.3) is 0 Å². The molecule has 0 radical (unpaired) electrons. The van der Waals surface area contributed by atoms with Crippen LogP contribution >= 0.6 is 0 Å². The summed E-state index contributed by atoms with van der Waals surface area (Å²) in [6.07, 6.45) is 5.35. The predicted octanol–water partition coefficient (Wildman–Crippen LogP) is 3.82. The molecule has 1 aliphatic heterocycles. The first-order valence-electron chi connectivity index (χ1n) is 9.08. The first-order chi connectivity index (χ1) is 13.2. The number of aromatic nitrogens is 2. The molecule has 1 atom stereocenters. The van der Waals surface area contributed by atoms with Crippen molar-refractivity contribution in [3.05, 3.63) is 72.6 Å². The molecule has 27 heavy (non-hydrogen) atoms. The van der Waals surface area contributed by atoms with Gasteiger partial charge in [-0.3, -0.25) is 9.69 Å². The van der Waals surface area contributed by atoms with E-state index >= 15 is 0 Å². The third-order valence-corrected chi connectivity index (χ3v) is 4.88. The minimum atomic E-state index is -0.263. The van der Waals surface area contributed by atoms with Crippen molar-refractivity contribution in [3.63, 3.8) is 0 Å². The Morgan fingerprint density at radius 1 is 1.22 bits per heavy atom. The molecule has 6 heteroatoms. The molecule has 1 amide bonds. The first kappa shape index (κ1) is 17.4. The molecule has 3 aromatic rings. The molecular weight excluding hydrogens is 343 g/mol. The van der Waals surface area contributed by atoms with Crippen LogP contribution in [-0.2, 0) is 11.3 Å². The lowest BCUT2D eigenvalue weighted by molar-refractivity contribution is -0.120. The van der Waals surface area contributed by atoms with Crippen LogP contribution in [0.5, 0.6) is 0 Å². The van der Waals surface area contributed by atoms with Crippen LogP contribution in [0.25, 0.3) is 11.1 Å². The molecule has 4 rings (SSSR count). The average molecular weight is 364 g/mol. The molecule has 1 aromatic heterocycles. The Labute approximate surface area is 157 Å².